The van der Waals surface area contributed by atoms with Crippen LogP contribution in [0, 0.1) is 13.8 Å². The summed E-state index contributed by atoms with van der Waals surface area (Å²) in [5, 5.41) is 0. The first-order valence-corrected chi connectivity index (χ1v) is 8.88. The SMILES string of the molecule is CCOP(=O)(C(=O)c1ccc(C)cc1C)[C@H]1C=CC=CC1. The van der Waals surface area contributed by atoms with Gasteiger partial charge in [-0.1, -0.05) is 48.1 Å². The van der Waals surface area contributed by atoms with Gasteiger partial charge >= 0.3 is 0 Å². The summed E-state index contributed by atoms with van der Waals surface area (Å²) in [5.74, 6) is 0. The number of carbonyl (C=O) groups excluding carboxylic acids is 1. The molecule has 0 N–H and O–H groups in total. The molecule has 1 aromatic carbocycles. The number of hydrogen-bond acceptors (Lipinski definition) is 3. The van der Waals surface area contributed by atoms with Crippen molar-refractivity contribution >= 4 is 12.9 Å². The molecule has 1 aliphatic rings. The molecule has 0 aliphatic heterocycles. The van der Waals surface area contributed by atoms with Crippen LogP contribution >= 0.6 is 7.37 Å². The molecule has 0 fully saturated rings. The van der Waals surface area contributed by atoms with Crippen LogP contribution < -0.4 is 0 Å². The molecule has 0 aromatic heterocycles. The Morgan fingerprint density at radius 2 is 2.10 bits per heavy atom. The van der Waals surface area contributed by atoms with E-state index in [1.54, 1.807) is 13.0 Å². The molecule has 0 heterocycles. The molecule has 0 amide bonds. The van der Waals surface area contributed by atoms with Gasteiger partial charge in [0.1, 0.15) is 0 Å². The molecule has 4 heteroatoms. The van der Waals surface area contributed by atoms with E-state index >= 15 is 0 Å². The number of allylic oxidation sites excluding steroid dienone is 4. The smallest absolute Gasteiger partial charge is 0.278 e. The van der Waals surface area contributed by atoms with E-state index in [0.717, 1.165) is 11.1 Å². The highest BCUT2D eigenvalue weighted by atomic mass is 31.2. The molecule has 2 rings (SSSR count). The maximum atomic E-state index is 13.2. The average Bonchev–Trinajstić information content (AvgIpc) is 2.47. The number of benzene rings is 1. The second-order valence-corrected chi connectivity index (χ2v) is 7.78. The van der Waals surface area contributed by atoms with Gasteiger partial charge in [-0.15, -0.1) is 0 Å². The summed E-state index contributed by atoms with van der Waals surface area (Å²) < 4.78 is 18.7. The number of carbonyl (C=O) groups is 1. The van der Waals surface area contributed by atoms with Crippen LogP contribution in [0.3, 0.4) is 0 Å². The molecule has 112 valence electrons. The lowest BCUT2D eigenvalue weighted by Crippen LogP contribution is -2.17. The molecule has 0 saturated heterocycles. The van der Waals surface area contributed by atoms with Gasteiger partial charge in [-0.2, -0.15) is 0 Å². The highest BCUT2D eigenvalue weighted by Crippen LogP contribution is 2.57. The lowest BCUT2D eigenvalue weighted by atomic mass is 10.1. The van der Waals surface area contributed by atoms with Crippen molar-refractivity contribution < 1.29 is 13.9 Å². The fourth-order valence-electron chi connectivity index (χ4n) is 2.54. The van der Waals surface area contributed by atoms with Crippen LogP contribution in [-0.4, -0.2) is 17.8 Å². The molecule has 1 unspecified atom stereocenters. The van der Waals surface area contributed by atoms with Gasteiger partial charge in [-0.25, -0.2) is 0 Å². The summed E-state index contributed by atoms with van der Waals surface area (Å²) in [6.45, 7) is 5.87. The summed E-state index contributed by atoms with van der Waals surface area (Å²) in [6.07, 6.45) is 8.04. The molecule has 0 saturated carbocycles. The van der Waals surface area contributed by atoms with Crippen LogP contribution in [0.2, 0.25) is 0 Å². The molecular formula is C17H21O3P. The van der Waals surface area contributed by atoms with E-state index in [4.69, 9.17) is 4.52 Å². The third-order valence-electron chi connectivity index (χ3n) is 3.61. The fourth-order valence-corrected chi connectivity index (χ4v) is 4.84. The van der Waals surface area contributed by atoms with Crippen LogP contribution in [0.25, 0.3) is 0 Å². The van der Waals surface area contributed by atoms with Crippen LogP contribution in [-0.2, 0) is 9.09 Å². The highest BCUT2D eigenvalue weighted by Gasteiger charge is 2.41. The number of aryl methyl sites for hydroxylation is 2. The Balaban J connectivity index is 2.41. The number of rotatable bonds is 5. The second kappa shape index (κ2) is 6.55. The zero-order chi connectivity index (χ0) is 15.5. The molecule has 1 aliphatic carbocycles. The normalized spacial score (nSPS) is 20.2. The zero-order valence-electron chi connectivity index (χ0n) is 12.7. The predicted molar refractivity (Wildman–Crippen MR) is 86.2 cm³/mol. The fraction of sp³-hybridized carbons (Fsp3) is 0.353. The van der Waals surface area contributed by atoms with Crippen molar-refractivity contribution in [2.45, 2.75) is 32.9 Å². The second-order valence-electron chi connectivity index (χ2n) is 5.25. The van der Waals surface area contributed by atoms with Crippen molar-refractivity contribution in [2.24, 2.45) is 0 Å². The molecular weight excluding hydrogens is 283 g/mol. The summed E-state index contributed by atoms with van der Waals surface area (Å²) in [7, 11) is -3.43. The Morgan fingerprint density at radius 1 is 1.33 bits per heavy atom. The van der Waals surface area contributed by atoms with E-state index in [0.29, 0.717) is 12.0 Å². The van der Waals surface area contributed by atoms with Gasteiger partial charge in [0, 0.05) is 5.56 Å². The van der Waals surface area contributed by atoms with Crippen LogP contribution in [0.15, 0.2) is 42.5 Å². The molecule has 1 aromatic rings. The zero-order valence-corrected chi connectivity index (χ0v) is 13.6. The summed E-state index contributed by atoms with van der Waals surface area (Å²) >= 11 is 0. The van der Waals surface area contributed by atoms with E-state index in [1.807, 2.05) is 50.3 Å². The van der Waals surface area contributed by atoms with Gasteiger partial charge in [0.2, 0.25) is 5.52 Å². The minimum absolute atomic E-state index is 0.266. The quantitative estimate of drug-likeness (QED) is 0.744. The van der Waals surface area contributed by atoms with Gasteiger partial charge in [-0.05, 0) is 32.8 Å². The standard InChI is InChI=1S/C17H21O3P/c1-4-20-21(19,15-8-6-5-7-9-15)17(18)16-11-10-13(2)12-14(16)3/h5-8,10-12,15H,4,9H2,1-3H3/t15-,21?/m0/s1. The van der Waals surface area contributed by atoms with Crippen LogP contribution in [0.1, 0.15) is 34.8 Å². The van der Waals surface area contributed by atoms with E-state index in [9.17, 15) is 9.36 Å². The minimum atomic E-state index is -3.43. The van der Waals surface area contributed by atoms with Crippen molar-refractivity contribution in [2.75, 3.05) is 6.61 Å². The van der Waals surface area contributed by atoms with Crippen LogP contribution in [0.4, 0.5) is 0 Å². The topological polar surface area (TPSA) is 43.4 Å². The molecule has 21 heavy (non-hydrogen) atoms. The lowest BCUT2D eigenvalue weighted by Gasteiger charge is -2.24. The summed E-state index contributed by atoms with van der Waals surface area (Å²) in [6, 6.07) is 5.55. The largest absolute Gasteiger partial charge is 0.323 e. The van der Waals surface area contributed by atoms with Gasteiger partial charge in [0.25, 0.3) is 7.37 Å². The van der Waals surface area contributed by atoms with Crippen molar-refractivity contribution in [1.82, 2.24) is 0 Å². The van der Waals surface area contributed by atoms with Crippen molar-refractivity contribution in [3.8, 4) is 0 Å². The van der Waals surface area contributed by atoms with Crippen molar-refractivity contribution in [1.29, 1.82) is 0 Å². The maximum Gasteiger partial charge on any atom is 0.278 e. The Hall–Kier alpha value is -1.44. The minimum Gasteiger partial charge on any atom is -0.323 e. The molecule has 0 radical (unpaired) electrons. The Kier molecular flexibility index (Phi) is 4.97. The van der Waals surface area contributed by atoms with Crippen molar-refractivity contribution in [3.05, 3.63) is 59.2 Å². The Bertz CT molecular complexity index is 643. The number of hydrogen-bond donors (Lipinski definition) is 0. The van der Waals surface area contributed by atoms with Crippen molar-refractivity contribution in [3.63, 3.8) is 0 Å². The first kappa shape index (κ1) is 15.9. The third-order valence-corrected chi connectivity index (χ3v) is 6.32. The molecule has 3 nitrogen and oxygen atoms in total. The molecule has 0 spiro atoms. The monoisotopic (exact) mass is 304 g/mol. The first-order valence-electron chi connectivity index (χ1n) is 7.18. The first-order chi connectivity index (χ1) is 9.99. The predicted octanol–water partition coefficient (Wildman–Crippen LogP) is 4.64. The maximum absolute atomic E-state index is 13.2. The third kappa shape index (κ3) is 3.25. The lowest BCUT2D eigenvalue weighted by molar-refractivity contribution is 0.105. The molecule has 0 bridgehead atoms. The Morgan fingerprint density at radius 3 is 2.67 bits per heavy atom. The van der Waals surface area contributed by atoms with E-state index in [1.165, 1.54) is 0 Å². The summed E-state index contributed by atoms with van der Waals surface area (Å²) in [5.41, 5.74) is 1.69. The van der Waals surface area contributed by atoms with E-state index in [2.05, 4.69) is 0 Å². The summed E-state index contributed by atoms with van der Waals surface area (Å²) in [4.78, 5) is 12.8. The van der Waals surface area contributed by atoms with Gasteiger partial charge in [0.05, 0.1) is 12.3 Å². The molecule has 2 atom stereocenters. The van der Waals surface area contributed by atoms with Crippen LogP contribution in [0.5, 0.6) is 0 Å². The van der Waals surface area contributed by atoms with Gasteiger partial charge in [0.15, 0.2) is 0 Å². The van der Waals surface area contributed by atoms with Gasteiger partial charge in [-0.3, -0.25) is 9.36 Å². The Labute approximate surface area is 126 Å². The van der Waals surface area contributed by atoms with E-state index < -0.39 is 7.37 Å². The van der Waals surface area contributed by atoms with Gasteiger partial charge < -0.3 is 4.52 Å². The van der Waals surface area contributed by atoms with E-state index in [-0.39, 0.29) is 17.8 Å². The average molecular weight is 304 g/mol. The highest BCUT2D eigenvalue weighted by molar-refractivity contribution is 7.77.